The van der Waals surface area contributed by atoms with Crippen LogP contribution in [0.15, 0.2) is 18.2 Å². The number of benzene rings is 1. The minimum atomic E-state index is 0.151. The van der Waals surface area contributed by atoms with Gasteiger partial charge in [-0.15, -0.1) is 0 Å². The van der Waals surface area contributed by atoms with Gasteiger partial charge in [0.15, 0.2) is 5.78 Å². The predicted octanol–water partition coefficient (Wildman–Crippen LogP) is 3.66. The molecule has 0 spiro atoms. The summed E-state index contributed by atoms with van der Waals surface area (Å²) in [5.41, 5.74) is 0.751. The van der Waals surface area contributed by atoms with E-state index >= 15 is 0 Å². The first-order valence-electron chi connectivity index (χ1n) is 4.71. The SMILES string of the molecule is CCOc1cccc(C(=O)CCBr)c1I. The van der Waals surface area contributed by atoms with Crippen LogP contribution in [-0.4, -0.2) is 17.7 Å². The Morgan fingerprint density at radius 2 is 2.27 bits per heavy atom. The van der Waals surface area contributed by atoms with Crippen molar-refractivity contribution in [1.82, 2.24) is 0 Å². The molecule has 0 aliphatic carbocycles. The predicted molar refractivity (Wildman–Crippen MR) is 73.1 cm³/mol. The number of ketones is 1. The van der Waals surface area contributed by atoms with Gasteiger partial charge in [-0.3, -0.25) is 4.79 Å². The van der Waals surface area contributed by atoms with Crippen molar-refractivity contribution in [2.24, 2.45) is 0 Å². The van der Waals surface area contributed by atoms with E-state index in [-0.39, 0.29) is 5.78 Å². The number of carbonyl (C=O) groups excluding carboxylic acids is 1. The highest BCUT2D eigenvalue weighted by molar-refractivity contribution is 14.1. The van der Waals surface area contributed by atoms with Gasteiger partial charge in [-0.05, 0) is 35.6 Å². The van der Waals surface area contributed by atoms with Gasteiger partial charge < -0.3 is 4.74 Å². The summed E-state index contributed by atoms with van der Waals surface area (Å²) in [6, 6.07) is 5.58. The van der Waals surface area contributed by atoms with Gasteiger partial charge in [0.1, 0.15) is 5.75 Å². The molecule has 0 N–H and O–H groups in total. The van der Waals surface area contributed by atoms with Gasteiger partial charge in [0.05, 0.1) is 10.2 Å². The summed E-state index contributed by atoms with van der Waals surface area (Å²) < 4.78 is 6.34. The summed E-state index contributed by atoms with van der Waals surface area (Å²) in [5.74, 6) is 0.941. The lowest BCUT2D eigenvalue weighted by Crippen LogP contribution is -2.04. The average Bonchev–Trinajstić information content (AvgIpc) is 2.22. The molecule has 0 saturated heterocycles. The molecule has 0 radical (unpaired) electrons. The number of carbonyl (C=O) groups is 1. The second-order valence-corrected chi connectivity index (χ2v) is 4.78. The number of hydrogen-bond donors (Lipinski definition) is 0. The number of ether oxygens (including phenoxy) is 1. The van der Waals surface area contributed by atoms with E-state index < -0.39 is 0 Å². The quantitative estimate of drug-likeness (QED) is 0.441. The van der Waals surface area contributed by atoms with Crippen LogP contribution in [0.3, 0.4) is 0 Å². The molecule has 0 heterocycles. The van der Waals surface area contributed by atoms with Crippen molar-refractivity contribution >= 4 is 44.3 Å². The van der Waals surface area contributed by atoms with Crippen LogP contribution in [0.2, 0.25) is 0 Å². The van der Waals surface area contributed by atoms with Gasteiger partial charge >= 0.3 is 0 Å². The van der Waals surface area contributed by atoms with Gasteiger partial charge in [0.25, 0.3) is 0 Å². The third kappa shape index (κ3) is 3.45. The number of alkyl halides is 1. The van der Waals surface area contributed by atoms with E-state index in [9.17, 15) is 4.79 Å². The molecule has 2 nitrogen and oxygen atoms in total. The van der Waals surface area contributed by atoms with E-state index in [2.05, 4.69) is 38.5 Å². The molecule has 0 unspecified atom stereocenters. The lowest BCUT2D eigenvalue weighted by Gasteiger charge is -2.08. The molecule has 0 aliphatic heterocycles. The standard InChI is InChI=1S/C11H12BrIO2/c1-2-15-10-5-3-4-8(11(10)13)9(14)6-7-12/h3-5H,2,6-7H2,1H3. The van der Waals surface area contributed by atoms with Crippen molar-refractivity contribution in [3.05, 3.63) is 27.3 Å². The molecular formula is C11H12BrIO2. The topological polar surface area (TPSA) is 26.3 Å². The van der Waals surface area contributed by atoms with Crippen molar-refractivity contribution in [3.8, 4) is 5.75 Å². The van der Waals surface area contributed by atoms with Gasteiger partial charge in [0.2, 0.25) is 0 Å². The van der Waals surface area contributed by atoms with E-state index in [4.69, 9.17) is 4.74 Å². The molecule has 0 aromatic heterocycles. The fourth-order valence-electron chi connectivity index (χ4n) is 1.21. The minimum absolute atomic E-state index is 0.151. The van der Waals surface area contributed by atoms with Gasteiger partial charge in [-0.1, -0.05) is 28.1 Å². The summed E-state index contributed by atoms with van der Waals surface area (Å²) in [6.45, 7) is 2.55. The van der Waals surface area contributed by atoms with Crippen molar-refractivity contribution in [1.29, 1.82) is 0 Å². The Kier molecular flexibility index (Phi) is 5.60. The Balaban J connectivity index is 2.98. The molecule has 4 heteroatoms. The molecule has 0 bridgehead atoms. The second-order valence-electron chi connectivity index (χ2n) is 2.91. The summed E-state index contributed by atoms with van der Waals surface area (Å²) in [7, 11) is 0. The van der Waals surface area contributed by atoms with Crippen LogP contribution >= 0.6 is 38.5 Å². The van der Waals surface area contributed by atoms with E-state index in [1.54, 1.807) is 0 Å². The van der Waals surface area contributed by atoms with Gasteiger partial charge in [0, 0.05) is 17.3 Å². The Morgan fingerprint density at radius 3 is 2.87 bits per heavy atom. The number of hydrogen-bond acceptors (Lipinski definition) is 2. The lowest BCUT2D eigenvalue weighted by atomic mass is 10.1. The normalized spacial score (nSPS) is 10.1. The third-order valence-corrected chi connectivity index (χ3v) is 3.39. The van der Waals surface area contributed by atoms with Crippen LogP contribution < -0.4 is 4.74 Å². The van der Waals surface area contributed by atoms with Crippen LogP contribution in [0.1, 0.15) is 23.7 Å². The molecule has 82 valence electrons. The molecule has 1 aromatic carbocycles. The average molecular weight is 383 g/mol. The Hall–Kier alpha value is -0.100. The first-order chi connectivity index (χ1) is 7.20. The molecular weight excluding hydrogens is 371 g/mol. The third-order valence-electron chi connectivity index (χ3n) is 1.89. The molecule has 15 heavy (non-hydrogen) atoms. The van der Waals surface area contributed by atoms with Crippen LogP contribution in [0, 0.1) is 3.57 Å². The first kappa shape index (κ1) is 13.0. The highest BCUT2D eigenvalue weighted by atomic mass is 127. The van der Waals surface area contributed by atoms with E-state index in [0.29, 0.717) is 18.4 Å². The van der Waals surface area contributed by atoms with Crippen LogP contribution in [0.5, 0.6) is 5.75 Å². The summed E-state index contributed by atoms with van der Waals surface area (Å²) >= 11 is 5.42. The monoisotopic (exact) mass is 382 g/mol. The number of halogens is 2. The zero-order valence-corrected chi connectivity index (χ0v) is 12.2. The second kappa shape index (κ2) is 6.48. The fourth-order valence-corrected chi connectivity index (χ4v) is 2.39. The summed E-state index contributed by atoms with van der Waals surface area (Å²) in [6.07, 6.45) is 0.519. The minimum Gasteiger partial charge on any atom is -0.493 e. The molecule has 0 fully saturated rings. The fraction of sp³-hybridized carbons (Fsp3) is 0.364. The zero-order valence-electron chi connectivity index (χ0n) is 8.43. The van der Waals surface area contributed by atoms with E-state index in [0.717, 1.165) is 14.9 Å². The van der Waals surface area contributed by atoms with Crippen molar-refractivity contribution < 1.29 is 9.53 Å². The lowest BCUT2D eigenvalue weighted by molar-refractivity contribution is 0.0988. The highest BCUT2D eigenvalue weighted by Gasteiger charge is 2.12. The van der Waals surface area contributed by atoms with Crippen LogP contribution in [0.25, 0.3) is 0 Å². The Bertz CT molecular complexity index is 352. The molecule has 1 aromatic rings. The summed E-state index contributed by atoms with van der Waals surface area (Å²) in [5, 5.41) is 0.695. The Morgan fingerprint density at radius 1 is 1.53 bits per heavy atom. The first-order valence-corrected chi connectivity index (χ1v) is 6.91. The highest BCUT2D eigenvalue weighted by Crippen LogP contribution is 2.25. The maximum atomic E-state index is 11.7. The largest absolute Gasteiger partial charge is 0.493 e. The van der Waals surface area contributed by atoms with E-state index in [1.807, 2.05) is 25.1 Å². The maximum Gasteiger partial charge on any atom is 0.164 e. The molecule has 0 saturated carbocycles. The molecule has 1 rings (SSSR count). The molecule has 0 atom stereocenters. The van der Waals surface area contributed by atoms with Crippen LogP contribution in [-0.2, 0) is 0 Å². The number of rotatable bonds is 5. The molecule has 0 aliphatic rings. The summed E-state index contributed by atoms with van der Waals surface area (Å²) in [4.78, 5) is 11.7. The zero-order chi connectivity index (χ0) is 11.3. The number of Topliss-reactive ketones (excluding diaryl/α,β-unsaturated/α-hetero) is 1. The van der Waals surface area contributed by atoms with E-state index in [1.165, 1.54) is 0 Å². The smallest absolute Gasteiger partial charge is 0.164 e. The van der Waals surface area contributed by atoms with Crippen molar-refractivity contribution in [2.75, 3.05) is 11.9 Å². The van der Waals surface area contributed by atoms with Gasteiger partial charge in [-0.2, -0.15) is 0 Å². The van der Waals surface area contributed by atoms with Gasteiger partial charge in [-0.25, -0.2) is 0 Å². The van der Waals surface area contributed by atoms with Crippen molar-refractivity contribution in [3.63, 3.8) is 0 Å². The van der Waals surface area contributed by atoms with Crippen LogP contribution in [0.4, 0.5) is 0 Å². The maximum absolute atomic E-state index is 11.7. The molecule has 0 amide bonds. The van der Waals surface area contributed by atoms with Crippen molar-refractivity contribution in [2.45, 2.75) is 13.3 Å². The Labute approximate surface area is 112 Å².